The molecule has 8 nitrogen and oxygen atoms in total. The number of rotatable bonds is 7. The molecule has 0 saturated carbocycles. The zero-order valence-electron chi connectivity index (χ0n) is 17.4. The zero-order valence-corrected chi connectivity index (χ0v) is 17.4. The fourth-order valence-electron chi connectivity index (χ4n) is 3.09. The number of carbonyl (C=O) groups is 1. The highest BCUT2D eigenvalue weighted by molar-refractivity contribution is 6.10. The molecular formula is C22H27N3O5. The predicted octanol–water partition coefficient (Wildman–Crippen LogP) is 3.09. The van der Waals surface area contributed by atoms with Crippen molar-refractivity contribution < 1.29 is 23.7 Å². The summed E-state index contributed by atoms with van der Waals surface area (Å²) in [7, 11) is 4.67. The van der Waals surface area contributed by atoms with Crippen molar-refractivity contribution in [2.45, 2.75) is 18.9 Å². The van der Waals surface area contributed by atoms with Crippen LogP contribution in [0.4, 0.5) is 5.69 Å². The second kappa shape index (κ2) is 10.5. The van der Waals surface area contributed by atoms with E-state index in [0.717, 1.165) is 25.1 Å². The molecule has 0 unspecified atom stereocenters. The van der Waals surface area contributed by atoms with Crippen LogP contribution in [-0.4, -0.2) is 52.5 Å². The van der Waals surface area contributed by atoms with Gasteiger partial charge in [0.25, 0.3) is 5.91 Å². The number of nitrogens with zero attached hydrogens (tertiary/aromatic N) is 1. The Labute approximate surface area is 176 Å². The van der Waals surface area contributed by atoms with Crippen LogP contribution in [0.25, 0.3) is 0 Å². The first-order valence-corrected chi connectivity index (χ1v) is 9.73. The Bertz CT molecular complexity index is 894. The lowest BCUT2D eigenvalue weighted by Crippen LogP contribution is -2.36. The lowest BCUT2D eigenvalue weighted by Gasteiger charge is -2.15. The minimum Gasteiger partial charge on any atom is -0.497 e. The molecule has 8 heteroatoms. The van der Waals surface area contributed by atoms with E-state index in [4.69, 9.17) is 18.9 Å². The van der Waals surface area contributed by atoms with Crippen LogP contribution in [0.1, 0.15) is 23.2 Å². The summed E-state index contributed by atoms with van der Waals surface area (Å²) >= 11 is 0. The largest absolute Gasteiger partial charge is 0.497 e. The molecule has 3 rings (SSSR count). The highest BCUT2D eigenvalue weighted by Gasteiger charge is 2.17. The lowest BCUT2D eigenvalue weighted by molar-refractivity contribution is 0.0975. The van der Waals surface area contributed by atoms with Crippen molar-refractivity contribution in [3.05, 3.63) is 48.0 Å². The van der Waals surface area contributed by atoms with Crippen molar-refractivity contribution in [2.24, 2.45) is 4.99 Å². The number of benzene rings is 2. The molecule has 2 aromatic rings. The fraction of sp³-hybridized carbons (Fsp3) is 0.364. The molecule has 1 fully saturated rings. The second-order valence-electron chi connectivity index (χ2n) is 6.71. The van der Waals surface area contributed by atoms with Gasteiger partial charge in [-0.25, -0.2) is 4.99 Å². The van der Waals surface area contributed by atoms with Crippen molar-refractivity contribution in [3.63, 3.8) is 0 Å². The van der Waals surface area contributed by atoms with E-state index in [-0.39, 0.29) is 12.0 Å². The van der Waals surface area contributed by atoms with Crippen molar-refractivity contribution in [2.75, 3.05) is 39.8 Å². The third-order valence-corrected chi connectivity index (χ3v) is 4.69. The molecule has 2 N–H and O–H groups in total. The molecule has 1 heterocycles. The summed E-state index contributed by atoms with van der Waals surface area (Å²) in [5.41, 5.74) is 1.16. The van der Waals surface area contributed by atoms with E-state index in [1.165, 1.54) is 7.11 Å². The molecule has 1 amide bonds. The van der Waals surface area contributed by atoms with Crippen LogP contribution in [0.5, 0.6) is 17.2 Å². The van der Waals surface area contributed by atoms with Crippen LogP contribution in [0.3, 0.4) is 0 Å². The number of methoxy groups -OCH3 is 3. The monoisotopic (exact) mass is 413 g/mol. The molecule has 30 heavy (non-hydrogen) atoms. The second-order valence-corrected chi connectivity index (χ2v) is 6.71. The normalized spacial score (nSPS) is 16.1. The van der Waals surface area contributed by atoms with Crippen LogP contribution in [0.15, 0.2) is 47.5 Å². The number of hydrogen-bond acceptors (Lipinski definition) is 6. The van der Waals surface area contributed by atoms with Gasteiger partial charge in [-0.3, -0.25) is 10.1 Å². The van der Waals surface area contributed by atoms with Crippen molar-refractivity contribution in [1.82, 2.24) is 5.32 Å². The first-order valence-electron chi connectivity index (χ1n) is 9.73. The summed E-state index contributed by atoms with van der Waals surface area (Å²) in [4.78, 5) is 17.4. The van der Waals surface area contributed by atoms with Gasteiger partial charge in [0.15, 0.2) is 11.5 Å². The van der Waals surface area contributed by atoms with Crippen molar-refractivity contribution in [3.8, 4) is 17.2 Å². The number of hydrogen-bond donors (Lipinski definition) is 2. The Hall–Kier alpha value is -3.26. The Morgan fingerprint density at radius 2 is 1.93 bits per heavy atom. The van der Waals surface area contributed by atoms with Gasteiger partial charge >= 0.3 is 0 Å². The van der Waals surface area contributed by atoms with E-state index in [2.05, 4.69) is 15.6 Å². The average molecular weight is 413 g/mol. The third kappa shape index (κ3) is 5.64. The molecule has 1 aliphatic heterocycles. The molecule has 0 aromatic heterocycles. The standard InChI is InChI=1S/C22H27N3O5/c1-27-17-7-4-6-16(13-17)24-22(23-14-18-8-5-11-30-18)25-21(26)15-9-10-19(28-2)20(12-15)29-3/h4,6-7,9-10,12-13,18H,5,8,11,14H2,1-3H3,(H2,23,24,25,26)/t18-/m1/s1. The maximum Gasteiger partial charge on any atom is 0.258 e. The van der Waals surface area contributed by atoms with E-state index in [1.807, 2.05) is 24.3 Å². The van der Waals surface area contributed by atoms with Crippen LogP contribution >= 0.6 is 0 Å². The summed E-state index contributed by atoms with van der Waals surface area (Å²) in [6, 6.07) is 12.4. The third-order valence-electron chi connectivity index (χ3n) is 4.69. The number of aliphatic imine (C=N–C) groups is 1. The topological polar surface area (TPSA) is 90.4 Å². The number of anilines is 1. The highest BCUT2D eigenvalue weighted by Crippen LogP contribution is 2.27. The minimum atomic E-state index is -0.322. The first-order chi connectivity index (χ1) is 14.6. The van der Waals surface area contributed by atoms with E-state index in [9.17, 15) is 4.79 Å². The predicted molar refractivity (Wildman–Crippen MR) is 115 cm³/mol. The molecule has 1 atom stereocenters. The van der Waals surface area contributed by atoms with Crippen molar-refractivity contribution >= 4 is 17.6 Å². The maximum atomic E-state index is 12.8. The first kappa shape index (κ1) is 21.4. The molecule has 1 aliphatic rings. The molecule has 160 valence electrons. The maximum absolute atomic E-state index is 12.8. The van der Waals surface area contributed by atoms with Crippen LogP contribution < -0.4 is 24.8 Å². The molecule has 0 spiro atoms. The van der Waals surface area contributed by atoms with E-state index in [0.29, 0.717) is 35.3 Å². The van der Waals surface area contributed by atoms with Crippen LogP contribution in [0.2, 0.25) is 0 Å². The van der Waals surface area contributed by atoms with Crippen molar-refractivity contribution in [1.29, 1.82) is 0 Å². The lowest BCUT2D eigenvalue weighted by atomic mass is 10.2. The minimum absolute atomic E-state index is 0.0603. The number of amides is 1. The van der Waals surface area contributed by atoms with Gasteiger partial charge in [0.05, 0.1) is 34.0 Å². The van der Waals surface area contributed by atoms with Gasteiger partial charge in [-0.2, -0.15) is 0 Å². The molecule has 1 saturated heterocycles. The van der Waals surface area contributed by atoms with Gasteiger partial charge in [0.1, 0.15) is 5.75 Å². The summed E-state index contributed by atoms with van der Waals surface area (Å²) in [5.74, 6) is 1.74. The molecule has 2 aromatic carbocycles. The van der Waals surface area contributed by atoms with Gasteiger partial charge < -0.3 is 24.3 Å². The van der Waals surface area contributed by atoms with Gasteiger partial charge in [-0.1, -0.05) is 6.07 Å². The van der Waals surface area contributed by atoms with Crippen LogP contribution in [0, 0.1) is 0 Å². The van der Waals surface area contributed by atoms with Gasteiger partial charge in [0.2, 0.25) is 5.96 Å². The van der Waals surface area contributed by atoms with E-state index < -0.39 is 0 Å². The number of ether oxygens (including phenoxy) is 4. The SMILES string of the molecule is COc1cccc(NC(=NC[C@H]2CCCO2)NC(=O)c2ccc(OC)c(OC)c2)c1. The molecule has 0 aliphatic carbocycles. The molecule has 0 bridgehead atoms. The average Bonchev–Trinajstić information content (AvgIpc) is 3.30. The van der Waals surface area contributed by atoms with E-state index in [1.54, 1.807) is 32.4 Å². The number of carbonyl (C=O) groups excluding carboxylic acids is 1. The zero-order chi connectivity index (χ0) is 21.3. The summed E-state index contributed by atoms with van der Waals surface area (Å²) in [6.45, 7) is 1.20. The Kier molecular flexibility index (Phi) is 7.51. The highest BCUT2D eigenvalue weighted by atomic mass is 16.5. The van der Waals surface area contributed by atoms with Gasteiger partial charge in [-0.15, -0.1) is 0 Å². The van der Waals surface area contributed by atoms with Gasteiger partial charge in [-0.05, 0) is 43.2 Å². The molecular weight excluding hydrogens is 386 g/mol. The Morgan fingerprint density at radius 3 is 2.63 bits per heavy atom. The Balaban J connectivity index is 1.78. The summed E-state index contributed by atoms with van der Waals surface area (Å²) in [5, 5.41) is 6.00. The Morgan fingerprint density at radius 1 is 1.10 bits per heavy atom. The fourth-order valence-corrected chi connectivity index (χ4v) is 3.09. The summed E-state index contributed by atoms with van der Waals surface area (Å²) < 4.78 is 21.4. The molecule has 0 radical (unpaired) electrons. The number of guanidine groups is 1. The number of nitrogens with one attached hydrogen (secondary N) is 2. The smallest absolute Gasteiger partial charge is 0.258 e. The van der Waals surface area contributed by atoms with Gasteiger partial charge in [0, 0.05) is 23.9 Å². The quantitative estimate of drug-likeness (QED) is 0.536. The van der Waals surface area contributed by atoms with E-state index >= 15 is 0 Å². The summed E-state index contributed by atoms with van der Waals surface area (Å²) in [6.07, 6.45) is 2.04. The van der Waals surface area contributed by atoms with Crippen LogP contribution in [-0.2, 0) is 4.74 Å².